The van der Waals surface area contributed by atoms with Gasteiger partial charge in [0.25, 0.3) is 0 Å². The number of hydrogen-bond donors (Lipinski definition) is 2. The molecule has 2 nitrogen and oxygen atoms in total. The topological polar surface area (TPSA) is 38.0 Å². The lowest BCUT2D eigenvalue weighted by atomic mass is 10.2. The fourth-order valence-electron chi connectivity index (χ4n) is 1.21. The fraction of sp³-hybridized carbons (Fsp3) is 0.364. The first kappa shape index (κ1) is 13.8. The number of nitrogens with two attached hydrogens (primary N) is 1. The van der Waals surface area contributed by atoms with Crippen molar-refractivity contribution in [1.82, 2.24) is 0 Å². The van der Waals surface area contributed by atoms with E-state index >= 15 is 0 Å². The number of halogens is 1. The highest BCUT2D eigenvalue weighted by molar-refractivity contribution is 9.10. The standard InChI is InChI=1S/C11H15BrN2S2/c1-7(16-2)6-14-10-4-3-8(12)5-9(10)11(13)15/h3-5,7,14H,6H2,1-2H3,(H2,13,15). The first-order chi connectivity index (χ1) is 7.54. The highest BCUT2D eigenvalue weighted by atomic mass is 79.9. The Bertz CT molecular complexity index is 382. The van der Waals surface area contributed by atoms with Gasteiger partial charge in [-0.15, -0.1) is 0 Å². The highest BCUT2D eigenvalue weighted by Crippen LogP contribution is 2.21. The molecule has 1 atom stereocenters. The zero-order chi connectivity index (χ0) is 12.1. The minimum absolute atomic E-state index is 0.417. The van der Waals surface area contributed by atoms with Crippen LogP contribution in [0.25, 0.3) is 0 Å². The van der Waals surface area contributed by atoms with E-state index in [1.54, 1.807) is 0 Å². The molecular weight excluding hydrogens is 304 g/mol. The number of thiocarbonyl (C=S) groups is 1. The maximum atomic E-state index is 5.69. The average Bonchev–Trinajstić information content (AvgIpc) is 2.26. The van der Waals surface area contributed by atoms with Crippen molar-refractivity contribution in [3.63, 3.8) is 0 Å². The Morgan fingerprint density at radius 2 is 2.31 bits per heavy atom. The maximum absolute atomic E-state index is 5.69. The Labute approximate surface area is 114 Å². The Kier molecular flexibility index (Phi) is 5.58. The molecular formula is C11H15BrN2S2. The Balaban J connectivity index is 2.82. The largest absolute Gasteiger partial charge is 0.389 e. The van der Waals surface area contributed by atoms with Gasteiger partial charge in [-0.05, 0) is 24.5 Å². The number of nitrogens with one attached hydrogen (secondary N) is 1. The minimum atomic E-state index is 0.417. The molecule has 3 N–H and O–H groups in total. The van der Waals surface area contributed by atoms with Crippen LogP contribution in [0.4, 0.5) is 5.69 Å². The van der Waals surface area contributed by atoms with E-state index in [1.807, 2.05) is 30.0 Å². The predicted octanol–water partition coefficient (Wildman–Crippen LogP) is 3.25. The maximum Gasteiger partial charge on any atom is 0.106 e. The van der Waals surface area contributed by atoms with E-state index in [0.717, 1.165) is 22.3 Å². The molecule has 0 saturated heterocycles. The summed E-state index contributed by atoms with van der Waals surface area (Å²) in [6.07, 6.45) is 2.10. The summed E-state index contributed by atoms with van der Waals surface area (Å²) in [6, 6.07) is 5.91. The summed E-state index contributed by atoms with van der Waals surface area (Å²) < 4.78 is 0.985. The lowest BCUT2D eigenvalue weighted by Crippen LogP contribution is -2.17. The van der Waals surface area contributed by atoms with Gasteiger partial charge in [-0.25, -0.2) is 0 Å². The monoisotopic (exact) mass is 318 g/mol. The summed E-state index contributed by atoms with van der Waals surface area (Å²) in [6.45, 7) is 3.08. The second kappa shape index (κ2) is 6.47. The smallest absolute Gasteiger partial charge is 0.106 e. The molecule has 5 heteroatoms. The fourth-order valence-corrected chi connectivity index (χ4v) is 1.99. The normalized spacial score (nSPS) is 12.2. The van der Waals surface area contributed by atoms with Crippen LogP contribution in [0.3, 0.4) is 0 Å². The Morgan fingerprint density at radius 3 is 2.88 bits per heavy atom. The number of benzene rings is 1. The third-order valence-electron chi connectivity index (χ3n) is 2.23. The van der Waals surface area contributed by atoms with E-state index in [9.17, 15) is 0 Å². The van der Waals surface area contributed by atoms with Crippen molar-refractivity contribution in [2.24, 2.45) is 5.73 Å². The van der Waals surface area contributed by atoms with E-state index < -0.39 is 0 Å². The summed E-state index contributed by atoms with van der Waals surface area (Å²) in [5.74, 6) is 0. The third-order valence-corrected chi connectivity index (χ3v) is 3.91. The van der Waals surface area contributed by atoms with Crippen molar-refractivity contribution in [2.45, 2.75) is 12.2 Å². The zero-order valence-corrected chi connectivity index (χ0v) is 12.5. The summed E-state index contributed by atoms with van der Waals surface area (Å²) in [5, 5.41) is 3.92. The molecule has 0 spiro atoms. The lowest BCUT2D eigenvalue weighted by Gasteiger charge is -2.14. The van der Waals surface area contributed by atoms with Gasteiger partial charge in [-0.2, -0.15) is 11.8 Å². The number of rotatable bonds is 5. The summed E-state index contributed by atoms with van der Waals surface area (Å²) in [7, 11) is 0. The van der Waals surface area contributed by atoms with Gasteiger partial charge >= 0.3 is 0 Å². The van der Waals surface area contributed by atoms with Gasteiger partial charge in [0.05, 0.1) is 0 Å². The van der Waals surface area contributed by atoms with Crippen LogP contribution in [0.5, 0.6) is 0 Å². The van der Waals surface area contributed by atoms with Crippen molar-refractivity contribution in [1.29, 1.82) is 0 Å². The molecule has 0 aliphatic rings. The van der Waals surface area contributed by atoms with Crippen LogP contribution in [0.1, 0.15) is 12.5 Å². The third kappa shape index (κ3) is 3.96. The molecule has 0 amide bonds. The first-order valence-electron chi connectivity index (χ1n) is 4.90. The summed E-state index contributed by atoms with van der Waals surface area (Å²) in [5.41, 5.74) is 7.57. The van der Waals surface area contributed by atoms with E-state index in [1.165, 1.54) is 0 Å². The Hall–Kier alpha value is -0.260. The first-order valence-corrected chi connectivity index (χ1v) is 7.39. The molecule has 0 saturated carbocycles. The SMILES string of the molecule is CSC(C)CNc1ccc(Br)cc1C(N)=S. The quantitative estimate of drug-likeness (QED) is 0.817. The van der Waals surface area contributed by atoms with Crippen LogP contribution in [-0.2, 0) is 0 Å². The lowest BCUT2D eigenvalue weighted by molar-refractivity contribution is 1.00. The highest BCUT2D eigenvalue weighted by Gasteiger charge is 2.07. The van der Waals surface area contributed by atoms with Crippen LogP contribution in [0.15, 0.2) is 22.7 Å². The van der Waals surface area contributed by atoms with Gasteiger partial charge in [0.2, 0.25) is 0 Å². The molecule has 0 fully saturated rings. The number of hydrogen-bond acceptors (Lipinski definition) is 3. The van der Waals surface area contributed by atoms with E-state index in [4.69, 9.17) is 18.0 Å². The predicted molar refractivity (Wildman–Crippen MR) is 81.5 cm³/mol. The molecule has 0 aliphatic carbocycles. The second-order valence-electron chi connectivity index (χ2n) is 3.48. The summed E-state index contributed by atoms with van der Waals surface area (Å²) in [4.78, 5) is 0.417. The van der Waals surface area contributed by atoms with Crippen LogP contribution in [0.2, 0.25) is 0 Å². The molecule has 1 aromatic carbocycles. The van der Waals surface area contributed by atoms with Gasteiger partial charge in [-0.1, -0.05) is 35.1 Å². The molecule has 88 valence electrons. The van der Waals surface area contributed by atoms with Crippen LogP contribution in [0, 0.1) is 0 Å². The van der Waals surface area contributed by atoms with Crippen molar-refractivity contribution in [3.8, 4) is 0 Å². The van der Waals surface area contributed by atoms with Gasteiger partial charge in [0.1, 0.15) is 4.99 Å². The molecule has 16 heavy (non-hydrogen) atoms. The Morgan fingerprint density at radius 1 is 1.62 bits per heavy atom. The van der Waals surface area contributed by atoms with Crippen LogP contribution < -0.4 is 11.1 Å². The van der Waals surface area contributed by atoms with Crippen LogP contribution >= 0.6 is 39.9 Å². The molecule has 0 aliphatic heterocycles. The molecule has 0 radical (unpaired) electrons. The molecule has 1 rings (SSSR count). The van der Waals surface area contributed by atoms with E-state index in [0.29, 0.717) is 10.2 Å². The van der Waals surface area contributed by atoms with Gasteiger partial charge in [-0.3, -0.25) is 0 Å². The number of anilines is 1. The van der Waals surface area contributed by atoms with Crippen molar-refractivity contribution < 1.29 is 0 Å². The van der Waals surface area contributed by atoms with E-state index in [-0.39, 0.29) is 0 Å². The molecule has 0 aromatic heterocycles. The van der Waals surface area contributed by atoms with Gasteiger partial charge in [0.15, 0.2) is 0 Å². The average molecular weight is 319 g/mol. The van der Waals surface area contributed by atoms with E-state index in [2.05, 4.69) is 34.4 Å². The van der Waals surface area contributed by atoms with Gasteiger partial charge < -0.3 is 11.1 Å². The zero-order valence-electron chi connectivity index (χ0n) is 9.29. The molecule has 1 unspecified atom stereocenters. The van der Waals surface area contributed by atoms with Crippen molar-refractivity contribution in [2.75, 3.05) is 18.1 Å². The van der Waals surface area contributed by atoms with Crippen molar-refractivity contribution >= 4 is 50.6 Å². The second-order valence-corrected chi connectivity index (χ2v) is 6.11. The minimum Gasteiger partial charge on any atom is -0.389 e. The van der Waals surface area contributed by atoms with Gasteiger partial charge in [0, 0.05) is 27.5 Å². The van der Waals surface area contributed by atoms with Crippen molar-refractivity contribution in [3.05, 3.63) is 28.2 Å². The van der Waals surface area contributed by atoms with Crippen LogP contribution in [-0.4, -0.2) is 23.0 Å². The number of thioether (sulfide) groups is 1. The summed E-state index contributed by atoms with van der Waals surface area (Å²) >= 11 is 10.3. The molecule has 0 heterocycles. The molecule has 0 bridgehead atoms. The molecule has 1 aromatic rings.